The molecule has 3 aromatic carbocycles. The maximum atomic E-state index is 13.3. The number of nitrogens with zero attached hydrogens (tertiary/aromatic N) is 1. The predicted octanol–water partition coefficient (Wildman–Crippen LogP) is 6.04. The smallest absolute Gasteiger partial charge is 0.265 e. The summed E-state index contributed by atoms with van der Waals surface area (Å²) in [6.45, 7) is 4.35. The molecule has 37 heavy (non-hydrogen) atoms. The number of nitrogens with one attached hydrogen (secondary N) is 1. The lowest BCUT2D eigenvalue weighted by Gasteiger charge is -2.15. The first-order chi connectivity index (χ1) is 17.7. The molecular weight excluding hydrogens is 504 g/mol. The van der Waals surface area contributed by atoms with E-state index in [4.69, 9.17) is 9.72 Å². The number of fused-ring (bicyclic) bond motifs is 2. The van der Waals surface area contributed by atoms with Gasteiger partial charge in [0, 0.05) is 11.1 Å². The van der Waals surface area contributed by atoms with Crippen LogP contribution in [0.3, 0.4) is 0 Å². The zero-order valence-corrected chi connectivity index (χ0v) is 22.4. The van der Waals surface area contributed by atoms with Crippen LogP contribution in [0.2, 0.25) is 0 Å². The molecule has 1 amide bonds. The summed E-state index contributed by atoms with van der Waals surface area (Å²) in [5, 5.41) is 1.62. The third-order valence-electron chi connectivity index (χ3n) is 6.21. The molecule has 2 heterocycles. The Morgan fingerprint density at radius 3 is 2.46 bits per heavy atom. The summed E-state index contributed by atoms with van der Waals surface area (Å²) in [5.74, 6) is -0.226. The lowest BCUT2D eigenvalue weighted by molar-refractivity contribution is 0.0983. The minimum absolute atomic E-state index is 0.209. The number of amides is 1. The van der Waals surface area contributed by atoms with E-state index in [-0.39, 0.29) is 5.56 Å². The van der Waals surface area contributed by atoms with E-state index in [1.165, 1.54) is 0 Å². The summed E-state index contributed by atoms with van der Waals surface area (Å²) in [6, 6.07) is 23.5. The number of hydrogen-bond donors (Lipinski definition) is 1. The van der Waals surface area contributed by atoms with Gasteiger partial charge in [0.2, 0.25) is 10.0 Å². The Labute approximate surface area is 220 Å². The maximum absolute atomic E-state index is 13.3. The Kier molecular flexibility index (Phi) is 6.70. The van der Waals surface area contributed by atoms with Crippen LogP contribution in [0.5, 0.6) is 5.75 Å². The Hall–Kier alpha value is -3.75. The molecule has 6 nitrogen and oxygen atoms in total. The molecule has 0 atom stereocenters. The highest BCUT2D eigenvalue weighted by atomic mass is 32.2. The largest absolute Gasteiger partial charge is 0.493 e. The van der Waals surface area contributed by atoms with Gasteiger partial charge in [0.05, 0.1) is 39.9 Å². The molecule has 0 saturated carbocycles. The number of sulfonamides is 1. The van der Waals surface area contributed by atoms with E-state index in [0.29, 0.717) is 35.4 Å². The number of rotatable bonds is 7. The van der Waals surface area contributed by atoms with Crippen molar-refractivity contribution >= 4 is 48.3 Å². The zero-order chi connectivity index (χ0) is 26.2. The van der Waals surface area contributed by atoms with Gasteiger partial charge in [-0.2, -0.15) is 0 Å². The molecule has 0 radical (unpaired) electrons. The number of pyridine rings is 1. The molecule has 5 rings (SSSR count). The Morgan fingerprint density at radius 2 is 1.73 bits per heavy atom. The lowest BCUT2D eigenvalue weighted by Crippen LogP contribution is -2.29. The first-order valence-corrected chi connectivity index (χ1v) is 14.5. The quantitative estimate of drug-likeness (QED) is 0.277. The molecule has 0 spiro atoms. The molecule has 8 heteroatoms. The third kappa shape index (κ3) is 5.21. The average Bonchev–Trinajstić information content (AvgIpc) is 3.21. The summed E-state index contributed by atoms with van der Waals surface area (Å²) >= 11 is 1.60. The van der Waals surface area contributed by atoms with Crippen molar-refractivity contribution < 1.29 is 17.9 Å². The lowest BCUT2D eigenvalue weighted by atomic mass is 10.0. The van der Waals surface area contributed by atoms with E-state index in [1.54, 1.807) is 17.4 Å². The van der Waals surface area contributed by atoms with E-state index >= 15 is 0 Å². The third-order valence-corrected chi connectivity index (χ3v) is 8.07. The highest BCUT2D eigenvalue weighted by molar-refractivity contribution is 7.89. The van der Waals surface area contributed by atoms with E-state index in [2.05, 4.69) is 16.9 Å². The Bertz CT molecular complexity index is 1740. The van der Waals surface area contributed by atoms with Gasteiger partial charge in [0.1, 0.15) is 5.75 Å². The van der Waals surface area contributed by atoms with Gasteiger partial charge in [0.25, 0.3) is 5.91 Å². The average molecular weight is 531 g/mol. The normalized spacial score (nSPS) is 11.6. The molecule has 1 N–H and O–H groups in total. The second-order valence-electron chi connectivity index (χ2n) is 9.00. The second-order valence-corrected chi connectivity index (χ2v) is 11.8. The van der Waals surface area contributed by atoms with E-state index in [9.17, 15) is 13.2 Å². The van der Waals surface area contributed by atoms with Crippen LogP contribution < -0.4 is 9.46 Å². The van der Waals surface area contributed by atoms with Gasteiger partial charge < -0.3 is 4.74 Å². The molecular formula is C29H26N2O4S2. The maximum Gasteiger partial charge on any atom is 0.265 e. The van der Waals surface area contributed by atoms with Crippen molar-refractivity contribution in [3.63, 3.8) is 0 Å². The van der Waals surface area contributed by atoms with Gasteiger partial charge in [-0.3, -0.25) is 4.79 Å². The molecule has 0 saturated heterocycles. The van der Waals surface area contributed by atoms with E-state index in [1.807, 2.05) is 68.4 Å². The Morgan fingerprint density at radius 1 is 1.00 bits per heavy atom. The van der Waals surface area contributed by atoms with Crippen molar-refractivity contribution in [3.05, 3.63) is 95.1 Å². The highest BCUT2D eigenvalue weighted by Gasteiger charge is 2.22. The molecule has 0 aliphatic carbocycles. The van der Waals surface area contributed by atoms with Crippen LogP contribution in [0.1, 0.15) is 27.0 Å². The van der Waals surface area contributed by atoms with Gasteiger partial charge in [-0.25, -0.2) is 18.1 Å². The number of aromatic nitrogens is 1. The summed E-state index contributed by atoms with van der Waals surface area (Å²) < 4.78 is 33.4. The number of hydrogen-bond acceptors (Lipinski definition) is 6. The first-order valence-electron chi connectivity index (χ1n) is 11.8. The van der Waals surface area contributed by atoms with Gasteiger partial charge in [-0.15, -0.1) is 11.3 Å². The van der Waals surface area contributed by atoms with Crippen molar-refractivity contribution in [2.24, 2.45) is 0 Å². The van der Waals surface area contributed by atoms with Gasteiger partial charge in [-0.05, 0) is 54.1 Å². The van der Waals surface area contributed by atoms with Gasteiger partial charge >= 0.3 is 0 Å². The molecule has 0 bridgehead atoms. The minimum Gasteiger partial charge on any atom is -0.493 e. The number of ether oxygens (including phenoxy) is 1. The van der Waals surface area contributed by atoms with Gasteiger partial charge in [0.15, 0.2) is 0 Å². The van der Waals surface area contributed by atoms with Crippen LogP contribution in [0, 0.1) is 13.8 Å². The zero-order valence-electron chi connectivity index (χ0n) is 20.7. The topological polar surface area (TPSA) is 85.4 Å². The number of carbonyl (C=O) groups excluding carboxylic acids is 1. The van der Waals surface area contributed by atoms with Crippen LogP contribution in [0.15, 0.2) is 72.8 Å². The summed E-state index contributed by atoms with van der Waals surface area (Å²) in [6.07, 6.45) is 1.65. The van der Waals surface area contributed by atoms with Crippen molar-refractivity contribution in [1.82, 2.24) is 9.71 Å². The Balaban J connectivity index is 1.66. The van der Waals surface area contributed by atoms with Crippen molar-refractivity contribution in [2.45, 2.75) is 20.3 Å². The predicted molar refractivity (Wildman–Crippen MR) is 150 cm³/mol. The van der Waals surface area contributed by atoms with Crippen LogP contribution in [0.4, 0.5) is 0 Å². The highest BCUT2D eigenvalue weighted by Crippen LogP contribution is 2.40. The molecule has 5 aromatic rings. The summed E-state index contributed by atoms with van der Waals surface area (Å²) in [5.41, 5.74) is 4.49. The fourth-order valence-corrected chi connectivity index (χ4v) is 6.04. The molecule has 2 aromatic heterocycles. The summed E-state index contributed by atoms with van der Waals surface area (Å²) in [4.78, 5) is 19.2. The van der Waals surface area contributed by atoms with Crippen LogP contribution in [-0.4, -0.2) is 32.2 Å². The van der Waals surface area contributed by atoms with E-state index in [0.717, 1.165) is 37.9 Å². The standard InChI is InChI=1S/C29H26N2O4S2/c1-18-13-14-24(35-16-15-20-9-5-4-6-10-20)26-22(29(32)31-37(3,33)34)17-23(30-27(18)26)28-19(2)21-11-7-8-12-25(21)36-28/h4-14,17H,15-16H2,1-3H3,(H,31,32). The fraction of sp³-hybridized carbons (Fsp3) is 0.172. The molecule has 188 valence electrons. The van der Waals surface area contributed by atoms with Crippen molar-refractivity contribution in [2.75, 3.05) is 12.9 Å². The second kappa shape index (κ2) is 9.95. The number of thiophene rings is 1. The van der Waals surface area contributed by atoms with Gasteiger partial charge in [-0.1, -0.05) is 54.6 Å². The minimum atomic E-state index is -3.78. The number of aryl methyl sites for hydroxylation is 2. The SMILES string of the molecule is Cc1c(-c2cc(C(=O)NS(C)(=O)=O)c3c(OCCc4ccccc4)ccc(C)c3n2)sc2ccccc12. The number of carbonyl (C=O) groups is 1. The first kappa shape index (κ1) is 24.9. The molecule has 0 unspecified atom stereocenters. The summed E-state index contributed by atoms with van der Waals surface area (Å²) in [7, 11) is -3.78. The monoisotopic (exact) mass is 530 g/mol. The number of benzene rings is 3. The van der Waals surface area contributed by atoms with Crippen LogP contribution >= 0.6 is 11.3 Å². The van der Waals surface area contributed by atoms with Crippen LogP contribution in [-0.2, 0) is 16.4 Å². The molecule has 0 fully saturated rings. The molecule has 0 aliphatic rings. The van der Waals surface area contributed by atoms with Crippen LogP contribution in [0.25, 0.3) is 31.6 Å². The van der Waals surface area contributed by atoms with Crippen molar-refractivity contribution in [1.29, 1.82) is 0 Å². The molecule has 0 aliphatic heterocycles. The van der Waals surface area contributed by atoms with Crippen molar-refractivity contribution in [3.8, 4) is 16.3 Å². The van der Waals surface area contributed by atoms with E-state index < -0.39 is 15.9 Å². The fourth-order valence-electron chi connectivity index (χ4n) is 4.42.